The molecule has 0 aliphatic carbocycles. The van der Waals surface area contributed by atoms with Crippen molar-refractivity contribution in [2.75, 3.05) is 0 Å². The first-order valence-corrected chi connectivity index (χ1v) is 21.0. The van der Waals surface area contributed by atoms with Gasteiger partial charge in [0.05, 0.1) is 8.07 Å². The summed E-state index contributed by atoms with van der Waals surface area (Å²) in [6.07, 6.45) is 4.05. The Kier molecular flexibility index (Phi) is 10.7. The van der Waals surface area contributed by atoms with Gasteiger partial charge >= 0.3 is 0 Å². The molecule has 3 heterocycles. The molecule has 0 saturated heterocycles. The van der Waals surface area contributed by atoms with Crippen LogP contribution in [0.15, 0.2) is 140 Å². The molecule has 0 N–H and O–H groups in total. The van der Waals surface area contributed by atoms with E-state index in [4.69, 9.17) is 4.98 Å². The number of aromatic nitrogens is 2. The van der Waals surface area contributed by atoms with Gasteiger partial charge in [-0.2, -0.15) is 11.3 Å². The van der Waals surface area contributed by atoms with Crippen molar-refractivity contribution < 1.29 is 20.1 Å². The molecule has 0 bridgehead atoms. The zero-order valence-corrected chi connectivity index (χ0v) is 33.1. The van der Waals surface area contributed by atoms with Gasteiger partial charge in [0.15, 0.2) is 0 Å². The summed E-state index contributed by atoms with van der Waals surface area (Å²) in [5.41, 5.74) is 11.6. The van der Waals surface area contributed by atoms with E-state index >= 15 is 0 Å². The molecule has 0 saturated carbocycles. The van der Waals surface area contributed by atoms with Crippen LogP contribution in [0, 0.1) is 26.0 Å². The third kappa shape index (κ3) is 7.47. The van der Waals surface area contributed by atoms with E-state index in [2.05, 4.69) is 154 Å². The summed E-state index contributed by atoms with van der Waals surface area (Å²) in [6, 6.07) is 51.0. The second kappa shape index (κ2) is 15.2. The van der Waals surface area contributed by atoms with Crippen molar-refractivity contribution >= 4 is 44.8 Å². The SMILES string of the molecule is Cc1cc(-c2[c-]ccc3c2sc2ccc(-c4ccccc4)cc23)ncc1-c1ccccc1.Cc1cc(-c2[c-]cccc2)ncc1[Si](C)(C)C.[Ir]. The van der Waals surface area contributed by atoms with Crippen molar-refractivity contribution in [3.8, 4) is 44.8 Å². The zero-order valence-electron chi connectivity index (χ0n) is 28.9. The van der Waals surface area contributed by atoms with Gasteiger partial charge in [0, 0.05) is 42.8 Å². The van der Waals surface area contributed by atoms with Crippen molar-refractivity contribution in [3.63, 3.8) is 0 Å². The van der Waals surface area contributed by atoms with Crippen molar-refractivity contribution in [1.29, 1.82) is 0 Å². The molecular weight excluding hydrogens is 821 g/mol. The summed E-state index contributed by atoms with van der Waals surface area (Å²) >= 11 is 1.82. The van der Waals surface area contributed by atoms with E-state index in [-0.39, 0.29) is 20.1 Å². The molecule has 8 aromatic rings. The molecule has 0 fully saturated rings. The summed E-state index contributed by atoms with van der Waals surface area (Å²) in [7, 11) is -1.27. The van der Waals surface area contributed by atoms with Crippen LogP contribution in [0.25, 0.3) is 64.9 Å². The largest absolute Gasteiger partial charge is 0.305 e. The maximum absolute atomic E-state index is 4.85. The monoisotopic (exact) mass is 859 g/mol. The van der Waals surface area contributed by atoms with E-state index in [1.165, 1.54) is 58.7 Å². The molecule has 5 aromatic carbocycles. The van der Waals surface area contributed by atoms with E-state index < -0.39 is 8.07 Å². The number of benzene rings is 5. The van der Waals surface area contributed by atoms with Crippen LogP contribution in [-0.4, -0.2) is 18.0 Å². The standard InChI is InChI=1S/C30H20NS.C15H18NSi.Ir/c1-20-17-28(31-19-27(20)22-11-6-3-7-12-22)25-14-8-13-24-26-18-23(21-9-4-2-5-10-21)15-16-29(26)32-30(24)25;1-12-10-14(13-8-6-5-7-9-13)16-11-15(12)17(2,3)4;/h2-13,15-19H,1H3;5-8,10-11H,1-4H3;/q2*-1;. The van der Waals surface area contributed by atoms with Crippen LogP contribution in [0.3, 0.4) is 0 Å². The number of nitrogens with zero attached hydrogens (tertiary/aromatic N) is 2. The minimum atomic E-state index is -1.27. The molecule has 50 heavy (non-hydrogen) atoms. The van der Waals surface area contributed by atoms with Gasteiger partial charge in [-0.05, 0) is 74.9 Å². The Hall–Kier alpha value is -4.51. The number of thiophene rings is 1. The van der Waals surface area contributed by atoms with Gasteiger partial charge in [0.1, 0.15) is 0 Å². The van der Waals surface area contributed by atoms with Gasteiger partial charge in [-0.25, -0.2) is 0 Å². The zero-order chi connectivity index (χ0) is 34.0. The average Bonchev–Trinajstić information content (AvgIpc) is 3.51. The molecule has 249 valence electrons. The third-order valence-corrected chi connectivity index (χ3v) is 12.2. The number of aryl methyl sites for hydroxylation is 2. The summed E-state index contributed by atoms with van der Waals surface area (Å²) in [5.74, 6) is 0. The molecule has 0 atom stereocenters. The fourth-order valence-electron chi connectivity index (χ4n) is 6.40. The molecule has 1 radical (unpaired) electrons. The minimum Gasteiger partial charge on any atom is -0.305 e. The number of rotatable bonds is 5. The normalized spacial score (nSPS) is 11.1. The van der Waals surface area contributed by atoms with Gasteiger partial charge in [-0.15, -0.1) is 59.7 Å². The quantitative estimate of drug-likeness (QED) is 0.127. The Morgan fingerprint density at radius 2 is 1.26 bits per heavy atom. The molecule has 0 spiro atoms. The minimum absolute atomic E-state index is 0. The van der Waals surface area contributed by atoms with Crippen LogP contribution in [0.4, 0.5) is 0 Å². The van der Waals surface area contributed by atoms with E-state index in [0.29, 0.717) is 0 Å². The molecule has 3 aromatic heterocycles. The second-order valence-electron chi connectivity index (χ2n) is 13.4. The molecule has 0 aliphatic heterocycles. The van der Waals surface area contributed by atoms with Crippen LogP contribution in [-0.2, 0) is 20.1 Å². The summed E-state index contributed by atoms with van der Waals surface area (Å²) < 4.78 is 2.53. The first kappa shape index (κ1) is 35.3. The van der Waals surface area contributed by atoms with Crippen LogP contribution in [0.5, 0.6) is 0 Å². The fourth-order valence-corrected chi connectivity index (χ4v) is 9.29. The van der Waals surface area contributed by atoms with Crippen LogP contribution in [0.1, 0.15) is 11.1 Å². The maximum atomic E-state index is 4.85. The van der Waals surface area contributed by atoms with E-state index in [1.54, 1.807) is 0 Å². The van der Waals surface area contributed by atoms with E-state index in [1.807, 2.05) is 47.9 Å². The first-order chi connectivity index (χ1) is 23.8. The molecule has 0 aliphatic rings. The van der Waals surface area contributed by atoms with Crippen molar-refractivity contribution in [2.45, 2.75) is 33.5 Å². The fraction of sp³-hybridized carbons (Fsp3) is 0.111. The molecule has 2 nitrogen and oxygen atoms in total. The van der Waals surface area contributed by atoms with Gasteiger partial charge in [-0.1, -0.05) is 109 Å². The predicted octanol–water partition coefficient (Wildman–Crippen LogP) is 12.0. The van der Waals surface area contributed by atoms with E-state index in [0.717, 1.165) is 22.5 Å². The average molecular weight is 859 g/mol. The second-order valence-corrected chi connectivity index (χ2v) is 19.5. The third-order valence-electron chi connectivity index (χ3n) is 8.89. The van der Waals surface area contributed by atoms with Crippen LogP contribution >= 0.6 is 11.3 Å². The van der Waals surface area contributed by atoms with E-state index in [9.17, 15) is 0 Å². The molecule has 0 amide bonds. The first-order valence-electron chi connectivity index (χ1n) is 16.7. The van der Waals surface area contributed by atoms with Crippen LogP contribution in [0.2, 0.25) is 19.6 Å². The summed E-state index contributed by atoms with van der Waals surface area (Å²) in [4.78, 5) is 9.43. The van der Waals surface area contributed by atoms with Gasteiger partial charge in [-0.3, -0.25) is 0 Å². The van der Waals surface area contributed by atoms with Crippen molar-refractivity contribution in [3.05, 3.63) is 163 Å². The Balaban J connectivity index is 0.000000204. The van der Waals surface area contributed by atoms with Gasteiger partial charge in [0.25, 0.3) is 0 Å². The Bertz CT molecular complexity index is 2380. The van der Waals surface area contributed by atoms with Crippen molar-refractivity contribution in [1.82, 2.24) is 9.97 Å². The molecular formula is C45H38IrN2SSi-2. The summed E-state index contributed by atoms with van der Waals surface area (Å²) in [6.45, 7) is 11.4. The molecule has 5 heteroatoms. The summed E-state index contributed by atoms with van der Waals surface area (Å²) in [5, 5.41) is 4.00. The number of hydrogen-bond donors (Lipinski definition) is 0. The Morgan fingerprint density at radius 3 is 1.92 bits per heavy atom. The maximum Gasteiger partial charge on any atom is 0.0798 e. The van der Waals surface area contributed by atoms with Gasteiger partial charge in [0.2, 0.25) is 0 Å². The molecule has 0 unspecified atom stereocenters. The molecule has 8 rings (SSSR count). The van der Waals surface area contributed by atoms with Crippen molar-refractivity contribution in [2.24, 2.45) is 0 Å². The smallest absolute Gasteiger partial charge is 0.0798 e. The predicted molar refractivity (Wildman–Crippen MR) is 213 cm³/mol. The van der Waals surface area contributed by atoms with Crippen LogP contribution < -0.4 is 5.19 Å². The number of fused-ring (bicyclic) bond motifs is 3. The Labute approximate surface area is 314 Å². The number of pyridine rings is 2. The van der Waals surface area contributed by atoms with Gasteiger partial charge < -0.3 is 9.97 Å². The topological polar surface area (TPSA) is 25.8 Å². The number of hydrogen-bond acceptors (Lipinski definition) is 3. The Morgan fingerprint density at radius 1 is 0.580 bits per heavy atom.